The molecule has 0 atom stereocenters. The Labute approximate surface area is 88.1 Å². The van der Waals surface area contributed by atoms with Gasteiger partial charge in [0.2, 0.25) is 0 Å². The Balaban J connectivity index is 0.000000292. The van der Waals surface area contributed by atoms with Gasteiger partial charge in [0.15, 0.2) is 0 Å². The van der Waals surface area contributed by atoms with Crippen LogP contribution in [-0.2, 0) is 0 Å². The van der Waals surface area contributed by atoms with E-state index < -0.39 is 0 Å². The van der Waals surface area contributed by atoms with Gasteiger partial charge in [-0.2, -0.15) is 0 Å². The third-order valence-corrected chi connectivity index (χ3v) is 1.74. The average Bonchev–Trinajstić information content (AvgIpc) is 2.20. The molecular formula is C13H21N. The molecule has 0 aromatic heterocycles. The molecular weight excluding hydrogens is 170 g/mol. The largest absolute Gasteiger partial charge is 0.378 e. The summed E-state index contributed by atoms with van der Waals surface area (Å²) in [6, 6.07) is 10.3. The van der Waals surface area contributed by atoms with E-state index in [0.29, 0.717) is 5.92 Å². The van der Waals surface area contributed by atoms with E-state index in [-0.39, 0.29) is 0 Å². The first-order valence-corrected chi connectivity index (χ1v) is 4.92. The zero-order valence-corrected chi connectivity index (χ0v) is 9.70. The van der Waals surface area contributed by atoms with E-state index in [1.165, 1.54) is 5.69 Å². The van der Waals surface area contributed by atoms with E-state index in [4.69, 9.17) is 0 Å². The van der Waals surface area contributed by atoms with E-state index in [1.54, 1.807) is 0 Å². The maximum Gasteiger partial charge on any atom is 0.0360 e. The van der Waals surface area contributed by atoms with Crippen LogP contribution in [0.15, 0.2) is 43.0 Å². The Morgan fingerprint density at radius 3 is 1.79 bits per heavy atom. The molecule has 0 unspecified atom stereocenters. The maximum atomic E-state index is 3.56. The molecule has 0 radical (unpaired) electrons. The molecule has 0 heterocycles. The Bertz CT molecular complexity index is 237. The quantitative estimate of drug-likeness (QED) is 0.646. The molecule has 1 nitrogen and oxygen atoms in total. The van der Waals surface area contributed by atoms with Crippen LogP contribution in [0.3, 0.4) is 0 Å². The summed E-state index contributed by atoms with van der Waals surface area (Å²) >= 11 is 0. The van der Waals surface area contributed by atoms with Crippen LogP contribution in [0.1, 0.15) is 13.8 Å². The first kappa shape index (κ1) is 12.8. The van der Waals surface area contributed by atoms with Gasteiger partial charge in [-0.1, -0.05) is 38.1 Å². The molecule has 1 aromatic carbocycles. The summed E-state index contributed by atoms with van der Waals surface area (Å²) in [5.74, 6) is 0.648. The first-order chi connectivity index (χ1) is 6.57. The predicted molar refractivity (Wildman–Crippen MR) is 65.8 cm³/mol. The van der Waals surface area contributed by atoms with Crippen molar-refractivity contribution in [2.24, 2.45) is 5.92 Å². The lowest BCUT2D eigenvalue weighted by Gasteiger charge is -2.10. The molecule has 1 rings (SSSR count). The van der Waals surface area contributed by atoms with Gasteiger partial charge in [-0.05, 0) is 18.1 Å². The van der Waals surface area contributed by atoms with Gasteiger partial charge < -0.3 is 4.90 Å². The fourth-order valence-electron chi connectivity index (χ4n) is 0.726. The SMILES string of the molecule is C=CC(C)C.CN(C)c1ccccc1. The molecule has 0 saturated carbocycles. The van der Waals surface area contributed by atoms with E-state index in [0.717, 1.165) is 0 Å². The summed E-state index contributed by atoms with van der Waals surface area (Å²) in [5, 5.41) is 0. The van der Waals surface area contributed by atoms with Crippen LogP contribution in [0, 0.1) is 5.92 Å². The van der Waals surface area contributed by atoms with Crippen molar-refractivity contribution in [2.75, 3.05) is 19.0 Å². The normalized spacial score (nSPS) is 8.93. The van der Waals surface area contributed by atoms with Crippen LogP contribution in [0.5, 0.6) is 0 Å². The monoisotopic (exact) mass is 191 g/mol. The molecule has 1 heteroatoms. The number of anilines is 1. The second-order valence-electron chi connectivity index (χ2n) is 3.71. The topological polar surface area (TPSA) is 3.24 Å². The van der Waals surface area contributed by atoms with Gasteiger partial charge in [0.1, 0.15) is 0 Å². The number of hydrogen-bond donors (Lipinski definition) is 0. The minimum atomic E-state index is 0.648. The number of hydrogen-bond acceptors (Lipinski definition) is 1. The molecule has 0 aliphatic rings. The average molecular weight is 191 g/mol. The third kappa shape index (κ3) is 6.30. The molecule has 0 aliphatic carbocycles. The second kappa shape index (κ2) is 7.19. The number of rotatable bonds is 2. The van der Waals surface area contributed by atoms with Crippen molar-refractivity contribution in [3.63, 3.8) is 0 Å². The summed E-state index contributed by atoms with van der Waals surface area (Å²) in [7, 11) is 4.07. The van der Waals surface area contributed by atoms with Crippen molar-refractivity contribution in [3.05, 3.63) is 43.0 Å². The highest BCUT2D eigenvalue weighted by molar-refractivity contribution is 5.43. The van der Waals surface area contributed by atoms with Gasteiger partial charge >= 0.3 is 0 Å². The van der Waals surface area contributed by atoms with E-state index in [2.05, 4.69) is 37.5 Å². The van der Waals surface area contributed by atoms with Crippen molar-refractivity contribution in [2.45, 2.75) is 13.8 Å². The first-order valence-electron chi connectivity index (χ1n) is 4.92. The van der Waals surface area contributed by atoms with Crippen LogP contribution >= 0.6 is 0 Å². The molecule has 0 N–H and O–H groups in total. The van der Waals surface area contributed by atoms with Crippen LogP contribution in [-0.4, -0.2) is 14.1 Å². The molecule has 78 valence electrons. The molecule has 0 spiro atoms. The lowest BCUT2D eigenvalue weighted by atomic mass is 10.2. The van der Waals surface area contributed by atoms with Crippen LogP contribution in [0.25, 0.3) is 0 Å². The van der Waals surface area contributed by atoms with E-state index >= 15 is 0 Å². The standard InChI is InChI=1S/C8H11N.C5H10/c1-9(2)8-6-4-3-5-7-8;1-4-5(2)3/h3-7H,1-2H3;4-5H,1H2,2-3H3. The predicted octanol–water partition coefficient (Wildman–Crippen LogP) is 3.58. The van der Waals surface area contributed by atoms with Gasteiger partial charge in [-0.3, -0.25) is 0 Å². The van der Waals surface area contributed by atoms with Gasteiger partial charge in [0.05, 0.1) is 0 Å². The fraction of sp³-hybridized carbons (Fsp3) is 0.385. The third-order valence-electron chi connectivity index (χ3n) is 1.74. The molecule has 0 saturated heterocycles. The number of benzene rings is 1. The number of allylic oxidation sites excluding steroid dienone is 1. The van der Waals surface area contributed by atoms with Crippen LogP contribution < -0.4 is 4.90 Å². The lowest BCUT2D eigenvalue weighted by Crippen LogP contribution is -2.07. The molecule has 14 heavy (non-hydrogen) atoms. The second-order valence-corrected chi connectivity index (χ2v) is 3.71. The van der Waals surface area contributed by atoms with Crippen LogP contribution in [0.4, 0.5) is 5.69 Å². The molecule has 0 fully saturated rings. The molecule has 0 amide bonds. The zero-order valence-electron chi connectivity index (χ0n) is 9.70. The highest BCUT2D eigenvalue weighted by Crippen LogP contribution is 2.07. The summed E-state index contributed by atoms with van der Waals surface area (Å²) in [4.78, 5) is 2.08. The number of nitrogens with zero attached hydrogens (tertiary/aromatic N) is 1. The van der Waals surface area contributed by atoms with Crippen molar-refractivity contribution < 1.29 is 0 Å². The van der Waals surface area contributed by atoms with Crippen LogP contribution in [0.2, 0.25) is 0 Å². The Kier molecular flexibility index (Phi) is 6.55. The van der Waals surface area contributed by atoms with Crippen molar-refractivity contribution >= 4 is 5.69 Å². The summed E-state index contributed by atoms with van der Waals surface area (Å²) < 4.78 is 0. The summed E-state index contributed by atoms with van der Waals surface area (Å²) in [5.41, 5.74) is 1.25. The van der Waals surface area contributed by atoms with Gasteiger partial charge in [0, 0.05) is 19.8 Å². The van der Waals surface area contributed by atoms with Gasteiger partial charge in [-0.15, -0.1) is 6.58 Å². The maximum absolute atomic E-state index is 3.56. The Morgan fingerprint density at radius 2 is 1.57 bits per heavy atom. The Morgan fingerprint density at radius 1 is 1.14 bits per heavy atom. The number of para-hydroxylation sites is 1. The lowest BCUT2D eigenvalue weighted by molar-refractivity contribution is 0.835. The fourth-order valence-corrected chi connectivity index (χ4v) is 0.726. The van der Waals surface area contributed by atoms with Crippen molar-refractivity contribution in [1.82, 2.24) is 0 Å². The minimum absolute atomic E-state index is 0.648. The highest BCUT2D eigenvalue weighted by Gasteiger charge is 1.87. The van der Waals surface area contributed by atoms with E-state index in [1.807, 2.05) is 38.4 Å². The molecule has 0 aliphatic heterocycles. The highest BCUT2D eigenvalue weighted by atomic mass is 15.1. The Hall–Kier alpha value is -1.24. The van der Waals surface area contributed by atoms with E-state index in [9.17, 15) is 0 Å². The zero-order chi connectivity index (χ0) is 11.0. The molecule has 1 aromatic rings. The molecule has 0 bridgehead atoms. The van der Waals surface area contributed by atoms with Gasteiger partial charge in [-0.25, -0.2) is 0 Å². The minimum Gasteiger partial charge on any atom is -0.378 e. The smallest absolute Gasteiger partial charge is 0.0360 e. The van der Waals surface area contributed by atoms with Gasteiger partial charge in [0.25, 0.3) is 0 Å². The summed E-state index contributed by atoms with van der Waals surface area (Å²) in [6.07, 6.45) is 1.92. The van der Waals surface area contributed by atoms with Crippen molar-refractivity contribution in [3.8, 4) is 0 Å². The van der Waals surface area contributed by atoms with Crippen molar-refractivity contribution in [1.29, 1.82) is 0 Å². The summed E-state index contributed by atoms with van der Waals surface area (Å²) in [6.45, 7) is 7.77.